The Kier molecular flexibility index (Phi) is 2.87. The summed E-state index contributed by atoms with van der Waals surface area (Å²) in [6.45, 7) is 8.54. The van der Waals surface area contributed by atoms with Crippen LogP contribution in [-0.4, -0.2) is 29.4 Å². The Hall–Kier alpha value is -0.670. The second-order valence-corrected chi connectivity index (χ2v) is 10.4. The highest BCUT2D eigenvalue weighted by Crippen LogP contribution is 2.75. The lowest BCUT2D eigenvalue weighted by molar-refractivity contribution is -0.467. The summed E-state index contributed by atoms with van der Waals surface area (Å²) >= 11 is 0. The Balaban J connectivity index is 1.80. The van der Waals surface area contributed by atoms with Crippen LogP contribution in [-0.2, 0) is 14.2 Å². The van der Waals surface area contributed by atoms with Crippen LogP contribution in [0.5, 0.6) is 5.75 Å². The zero-order chi connectivity index (χ0) is 15.8. The molecule has 5 heteroatoms. The van der Waals surface area contributed by atoms with Crippen LogP contribution in [0.3, 0.4) is 0 Å². The molecule has 4 atom stereocenters. The fourth-order valence-electron chi connectivity index (χ4n) is 4.86. The van der Waals surface area contributed by atoms with Crippen LogP contribution in [0.4, 0.5) is 0 Å². The van der Waals surface area contributed by atoms with Crippen molar-refractivity contribution in [3.63, 3.8) is 0 Å². The molecule has 0 spiro atoms. The predicted molar refractivity (Wildman–Crippen MR) is 85.7 cm³/mol. The Morgan fingerprint density at radius 1 is 0.864 bits per heavy atom. The molecule has 0 radical (unpaired) electrons. The van der Waals surface area contributed by atoms with Crippen LogP contribution in [0.1, 0.15) is 40.5 Å². The molecule has 4 heterocycles. The van der Waals surface area contributed by atoms with E-state index in [1.807, 2.05) is 26.0 Å². The van der Waals surface area contributed by atoms with Gasteiger partial charge in [0.15, 0.2) is 11.6 Å². The first-order chi connectivity index (χ1) is 10.2. The van der Waals surface area contributed by atoms with E-state index in [1.165, 1.54) is 5.30 Å². The van der Waals surface area contributed by atoms with Gasteiger partial charge in [-0.15, -0.1) is 0 Å². The Morgan fingerprint density at radius 2 is 1.36 bits per heavy atom. The van der Waals surface area contributed by atoms with Gasteiger partial charge in [-0.1, -0.05) is 12.1 Å². The lowest BCUT2D eigenvalue weighted by atomic mass is 9.98. The van der Waals surface area contributed by atoms with Crippen LogP contribution in [0, 0.1) is 0 Å². The van der Waals surface area contributed by atoms with E-state index in [9.17, 15) is 0 Å². The Labute approximate surface area is 132 Å². The summed E-state index contributed by atoms with van der Waals surface area (Å²) in [5, 5.41) is 0.847. The summed E-state index contributed by atoms with van der Waals surface area (Å²) in [7, 11) is 1.07. The highest BCUT2D eigenvalue weighted by molar-refractivity contribution is 7.68. The van der Waals surface area contributed by atoms with Gasteiger partial charge in [0.1, 0.15) is 5.75 Å². The lowest BCUT2D eigenvalue weighted by Crippen LogP contribution is -2.72. The van der Waals surface area contributed by atoms with E-state index in [4.69, 9.17) is 18.9 Å². The fraction of sp³-hybridized carbons (Fsp3) is 0.647. The monoisotopic (exact) mass is 322 g/mol. The number of methoxy groups -OCH3 is 1. The van der Waals surface area contributed by atoms with Crippen molar-refractivity contribution in [1.82, 2.24) is 0 Å². The maximum absolute atomic E-state index is 6.45. The molecule has 5 rings (SSSR count). The second-order valence-electron chi connectivity index (χ2n) is 7.31. The third kappa shape index (κ3) is 1.98. The third-order valence-corrected chi connectivity index (χ3v) is 8.08. The molecule has 22 heavy (non-hydrogen) atoms. The molecular formula is C17H23O4P. The Morgan fingerprint density at radius 3 is 1.82 bits per heavy atom. The minimum Gasteiger partial charge on any atom is -0.497 e. The van der Waals surface area contributed by atoms with Crippen molar-refractivity contribution in [2.45, 2.75) is 62.8 Å². The van der Waals surface area contributed by atoms with E-state index >= 15 is 0 Å². The minimum absolute atomic E-state index is 0.225. The van der Waals surface area contributed by atoms with Crippen molar-refractivity contribution >= 4 is 13.2 Å². The van der Waals surface area contributed by atoms with Gasteiger partial charge in [-0.05, 0) is 53.1 Å². The fourth-order valence-corrected chi connectivity index (χ4v) is 8.86. The second kappa shape index (κ2) is 4.24. The van der Waals surface area contributed by atoms with Crippen molar-refractivity contribution in [3.8, 4) is 5.75 Å². The number of ether oxygens (including phenoxy) is 4. The van der Waals surface area contributed by atoms with Gasteiger partial charge in [-0.3, -0.25) is 0 Å². The van der Waals surface area contributed by atoms with Gasteiger partial charge in [-0.25, -0.2) is 0 Å². The molecule has 0 unspecified atom stereocenters. The molecular weight excluding hydrogens is 299 g/mol. The van der Waals surface area contributed by atoms with Crippen LogP contribution >= 0.6 is 7.92 Å². The quantitative estimate of drug-likeness (QED) is 0.781. The number of rotatable bonds is 2. The van der Waals surface area contributed by atoms with Crippen molar-refractivity contribution in [2.24, 2.45) is 0 Å². The van der Waals surface area contributed by atoms with Crippen LogP contribution in [0.2, 0.25) is 0 Å². The molecule has 4 bridgehead atoms. The lowest BCUT2D eigenvalue weighted by Gasteiger charge is -2.69. The Bertz CT molecular complexity index is 570. The predicted octanol–water partition coefficient (Wildman–Crippen LogP) is 3.54. The van der Waals surface area contributed by atoms with Gasteiger partial charge in [-0.2, -0.15) is 0 Å². The zero-order valence-electron chi connectivity index (χ0n) is 13.8. The maximum atomic E-state index is 6.45. The molecule has 0 saturated carbocycles. The van der Waals surface area contributed by atoms with E-state index in [0.717, 1.165) is 18.6 Å². The summed E-state index contributed by atoms with van der Waals surface area (Å²) < 4.78 is 24.3. The van der Waals surface area contributed by atoms with Crippen molar-refractivity contribution < 1.29 is 18.9 Å². The standard InChI is InChI=1S/C17H23O4P/c1-14-10-16(3)21-15(2,19-14)11-17(4,20-14)22(16)13-8-6-12(18-5)7-9-13/h6-9H,10-11H2,1-5H3/t14-,15-,16+,17+/m0/s1. The van der Waals surface area contributed by atoms with Gasteiger partial charge in [0.2, 0.25) is 0 Å². The number of hydrogen-bond donors (Lipinski definition) is 0. The topological polar surface area (TPSA) is 36.9 Å². The maximum Gasteiger partial charge on any atom is 0.173 e. The summed E-state index contributed by atoms with van der Waals surface area (Å²) in [6, 6.07) is 8.35. The summed E-state index contributed by atoms with van der Waals surface area (Å²) in [6.07, 6.45) is 1.53. The average molecular weight is 322 g/mol. The molecule has 0 N–H and O–H groups in total. The highest BCUT2D eigenvalue weighted by Gasteiger charge is 2.71. The van der Waals surface area contributed by atoms with E-state index < -0.39 is 19.5 Å². The highest BCUT2D eigenvalue weighted by atomic mass is 31.1. The number of hydrogen-bond acceptors (Lipinski definition) is 4. The molecule has 4 aliphatic rings. The molecule has 1 aromatic carbocycles. The largest absolute Gasteiger partial charge is 0.497 e. The van der Waals surface area contributed by atoms with Gasteiger partial charge in [0, 0.05) is 12.8 Å². The van der Waals surface area contributed by atoms with Crippen LogP contribution < -0.4 is 10.0 Å². The first-order valence-corrected chi connectivity index (χ1v) is 9.09. The molecule has 1 aromatic rings. The van der Waals surface area contributed by atoms with Gasteiger partial charge in [0.05, 0.1) is 17.8 Å². The molecule has 4 fully saturated rings. The van der Waals surface area contributed by atoms with E-state index in [2.05, 4.69) is 26.0 Å². The molecule has 0 amide bonds. The van der Waals surface area contributed by atoms with Crippen molar-refractivity contribution in [2.75, 3.05) is 7.11 Å². The first kappa shape index (κ1) is 14.9. The van der Waals surface area contributed by atoms with E-state index in [0.29, 0.717) is 0 Å². The van der Waals surface area contributed by atoms with E-state index in [-0.39, 0.29) is 10.7 Å². The molecule has 120 valence electrons. The molecule has 4 nitrogen and oxygen atoms in total. The van der Waals surface area contributed by atoms with Crippen LogP contribution in [0.25, 0.3) is 0 Å². The minimum atomic E-state index is -0.626. The van der Waals surface area contributed by atoms with Gasteiger partial charge in [0.25, 0.3) is 0 Å². The zero-order valence-corrected chi connectivity index (χ0v) is 14.7. The van der Waals surface area contributed by atoms with Gasteiger partial charge < -0.3 is 18.9 Å². The molecule has 0 aromatic heterocycles. The molecule has 4 saturated heterocycles. The summed E-state index contributed by atoms with van der Waals surface area (Å²) in [4.78, 5) is 0. The first-order valence-electron chi connectivity index (χ1n) is 7.74. The third-order valence-electron chi connectivity index (χ3n) is 4.88. The summed E-state index contributed by atoms with van der Waals surface area (Å²) in [5.41, 5.74) is 0. The SMILES string of the molecule is COc1ccc(P2[C@]3(C)C[C@@]4(C)O[C@](C)(C[C@]2(C)O4)O3)cc1. The smallest absolute Gasteiger partial charge is 0.173 e. The molecule has 0 aliphatic carbocycles. The molecule has 4 aliphatic heterocycles. The van der Waals surface area contributed by atoms with Crippen LogP contribution in [0.15, 0.2) is 24.3 Å². The number of benzene rings is 1. The van der Waals surface area contributed by atoms with Crippen molar-refractivity contribution in [1.29, 1.82) is 0 Å². The normalized spacial score (nSPS) is 49.4. The van der Waals surface area contributed by atoms with Crippen molar-refractivity contribution in [3.05, 3.63) is 24.3 Å². The average Bonchev–Trinajstić information content (AvgIpc) is 2.33. The van der Waals surface area contributed by atoms with E-state index in [1.54, 1.807) is 7.11 Å². The van der Waals surface area contributed by atoms with Gasteiger partial charge >= 0.3 is 0 Å². The summed E-state index contributed by atoms with van der Waals surface area (Å²) in [5.74, 6) is -0.205.